The van der Waals surface area contributed by atoms with Gasteiger partial charge in [-0.1, -0.05) is 30.3 Å². The molecule has 12 N–H and O–H groups in total. The molecule has 2 aromatic carbocycles. The Morgan fingerprint density at radius 2 is 1.05 bits per heavy atom. The van der Waals surface area contributed by atoms with E-state index in [0.717, 1.165) is 0 Å². The van der Waals surface area contributed by atoms with E-state index in [4.69, 9.17) is 23.7 Å². The van der Waals surface area contributed by atoms with Gasteiger partial charge in [-0.15, -0.1) is 0 Å². The van der Waals surface area contributed by atoms with Gasteiger partial charge >= 0.3 is 30.5 Å². The van der Waals surface area contributed by atoms with Crippen LogP contribution >= 0.6 is 0 Å². The molecule has 27 heteroatoms. The first-order chi connectivity index (χ1) is 40.1. The highest BCUT2D eigenvalue weighted by Gasteiger charge is 2.34. The quantitative estimate of drug-likeness (QED) is 0.0604. The van der Waals surface area contributed by atoms with Gasteiger partial charge in [0.05, 0.1) is 6.10 Å². The largest absolute Gasteiger partial charge is 0.508 e. The van der Waals surface area contributed by atoms with Crippen LogP contribution in [0, 0.1) is 0 Å². The molecule has 0 saturated heterocycles. The lowest BCUT2D eigenvalue weighted by Crippen LogP contribution is -2.58. The number of carbonyl (C=O) groups excluding carboxylic acids is 10. The summed E-state index contributed by atoms with van der Waals surface area (Å²) in [4.78, 5) is 135. The van der Waals surface area contributed by atoms with Crippen LogP contribution in [-0.4, -0.2) is 167 Å². The maximum atomic E-state index is 14.6. The number of ether oxygens (including phenoxy) is 5. The van der Waals surface area contributed by atoms with Crippen LogP contribution in [0.15, 0.2) is 42.5 Å². The molecule has 1 unspecified atom stereocenters. The SMILES string of the molecule is CC(C)(C)OC(=O)NCCC[C@@H]1NC(=O)[C@@H](NC(=O)OC(C)(C)C)Cc2cc(ccc2O)-c2cccc(c2)C[C@@H](C(=O)NCC[C@H](NC(=O)OC(C)(C)C)C(=O)NCCC[C@H](NC(=O)OC(C)(C)C)C(=O)NCC(O)CNC(=O)OC(C)(C)C)NC1=O. The average molecular weight is 1230 g/mol. The highest BCUT2D eigenvalue weighted by molar-refractivity contribution is 5.94. The molecule has 1 heterocycles. The van der Waals surface area contributed by atoms with Gasteiger partial charge in [-0.2, -0.15) is 0 Å². The van der Waals surface area contributed by atoms with Gasteiger partial charge in [-0.05, 0) is 170 Å². The first-order valence-corrected chi connectivity index (χ1v) is 29.1. The van der Waals surface area contributed by atoms with Gasteiger partial charge in [0, 0.05) is 45.6 Å². The van der Waals surface area contributed by atoms with Gasteiger partial charge in [-0.3, -0.25) is 24.0 Å². The molecule has 0 aliphatic carbocycles. The van der Waals surface area contributed by atoms with Crippen molar-refractivity contribution in [1.29, 1.82) is 0 Å². The first-order valence-electron chi connectivity index (χ1n) is 29.1. The number of aromatic hydroxyl groups is 1. The molecule has 27 nitrogen and oxygen atoms in total. The monoisotopic (exact) mass is 1230 g/mol. The van der Waals surface area contributed by atoms with Crippen LogP contribution in [0.5, 0.6) is 5.75 Å². The number of nitrogens with one attached hydrogen (secondary N) is 10. The van der Waals surface area contributed by atoms with Crippen LogP contribution in [0.2, 0.25) is 0 Å². The number of aliphatic hydroxyl groups excluding tert-OH is 1. The summed E-state index contributed by atoms with van der Waals surface area (Å²) >= 11 is 0. The molecule has 3 rings (SSSR count). The number of phenols is 1. The maximum Gasteiger partial charge on any atom is 0.408 e. The Morgan fingerprint density at radius 3 is 1.63 bits per heavy atom. The Morgan fingerprint density at radius 1 is 0.540 bits per heavy atom. The van der Waals surface area contributed by atoms with Gasteiger partial charge < -0.3 is 87.1 Å². The number of alkyl carbamates (subject to hydrolysis) is 5. The highest BCUT2D eigenvalue weighted by Crippen LogP contribution is 2.29. The summed E-state index contributed by atoms with van der Waals surface area (Å²) in [5, 5.41) is 47.7. The van der Waals surface area contributed by atoms with Crippen molar-refractivity contribution < 1.29 is 81.8 Å². The van der Waals surface area contributed by atoms with Crippen LogP contribution in [0.25, 0.3) is 11.1 Å². The van der Waals surface area contributed by atoms with Gasteiger partial charge in [0.2, 0.25) is 29.5 Å². The summed E-state index contributed by atoms with van der Waals surface area (Å²) in [5.41, 5.74) is -2.34. The lowest BCUT2D eigenvalue weighted by atomic mass is 9.96. The van der Waals surface area contributed by atoms with Gasteiger partial charge in [-0.25, -0.2) is 24.0 Å². The number of amides is 10. The summed E-state index contributed by atoms with van der Waals surface area (Å²) in [6, 6.07) is 5.12. The number of hydrogen-bond donors (Lipinski definition) is 12. The second-order valence-electron chi connectivity index (χ2n) is 26.0. The van der Waals surface area contributed by atoms with E-state index in [1.54, 1.807) is 140 Å². The minimum absolute atomic E-state index is 0.00552. The van der Waals surface area contributed by atoms with Crippen molar-refractivity contribution in [2.45, 2.75) is 213 Å². The van der Waals surface area contributed by atoms with Crippen LogP contribution in [0.3, 0.4) is 0 Å². The Bertz CT molecular complexity index is 2710. The van der Waals surface area contributed by atoms with Crippen molar-refractivity contribution in [3.63, 3.8) is 0 Å². The van der Waals surface area contributed by atoms with Crippen LogP contribution in [-0.2, 0) is 60.5 Å². The van der Waals surface area contributed by atoms with E-state index < -0.39 is 124 Å². The number of aliphatic hydroxyl groups is 1. The van der Waals surface area contributed by atoms with E-state index in [1.807, 2.05) is 0 Å². The number of hydrogen-bond acceptors (Lipinski definition) is 17. The van der Waals surface area contributed by atoms with Gasteiger partial charge in [0.25, 0.3) is 0 Å². The zero-order valence-electron chi connectivity index (χ0n) is 53.0. The van der Waals surface area contributed by atoms with E-state index in [0.29, 0.717) is 16.7 Å². The van der Waals surface area contributed by atoms with E-state index in [9.17, 15) is 58.2 Å². The maximum absolute atomic E-state index is 14.6. The van der Waals surface area contributed by atoms with E-state index in [1.165, 1.54) is 6.07 Å². The van der Waals surface area contributed by atoms with Crippen molar-refractivity contribution >= 4 is 60.0 Å². The molecule has 486 valence electrons. The van der Waals surface area contributed by atoms with Crippen LogP contribution in [0.4, 0.5) is 24.0 Å². The smallest absolute Gasteiger partial charge is 0.408 e. The van der Waals surface area contributed by atoms with Crippen LogP contribution < -0.4 is 53.2 Å². The minimum atomic E-state index is -1.41. The fraction of sp³-hybridized carbons (Fsp3) is 0.633. The molecule has 6 atom stereocenters. The van der Waals surface area contributed by atoms with E-state index >= 15 is 0 Å². The summed E-state index contributed by atoms with van der Waals surface area (Å²) in [7, 11) is 0. The van der Waals surface area contributed by atoms with Gasteiger partial charge in [0.1, 0.15) is 64.0 Å². The first kappa shape index (κ1) is 73.2. The Kier molecular flexibility index (Phi) is 27.4. The average Bonchev–Trinajstić information content (AvgIpc) is 2.21. The summed E-state index contributed by atoms with van der Waals surface area (Å²) in [6.45, 7) is 23.8. The second kappa shape index (κ2) is 32.6. The molecule has 0 saturated carbocycles. The molecular weight excluding hydrogens is 1130 g/mol. The fourth-order valence-corrected chi connectivity index (χ4v) is 8.22. The molecule has 0 radical (unpaired) electrons. The number of phenolic OH excluding ortho intramolecular Hbond substituents is 1. The molecule has 0 spiro atoms. The molecule has 1 aliphatic rings. The Balaban J connectivity index is 1.91. The fourth-order valence-electron chi connectivity index (χ4n) is 8.22. The molecule has 0 fully saturated rings. The summed E-state index contributed by atoms with van der Waals surface area (Å²) in [6.07, 6.45) is -6.08. The third kappa shape index (κ3) is 30.2. The van der Waals surface area contributed by atoms with Crippen molar-refractivity contribution in [3.8, 4) is 16.9 Å². The third-order valence-electron chi connectivity index (χ3n) is 11.9. The van der Waals surface area contributed by atoms with Crippen molar-refractivity contribution in [3.05, 3.63) is 53.6 Å². The molecule has 2 aromatic rings. The predicted molar refractivity (Wildman–Crippen MR) is 321 cm³/mol. The van der Waals surface area contributed by atoms with E-state index in [-0.39, 0.29) is 89.0 Å². The standard InChI is InChI=1S/C60H94N10O17/c1-56(2,3)83-51(78)63-27-18-22-41-49(76)67-43(30-35-19-16-20-36(29-35)37-23-24-45(72)38(31-37)32-44(50(77)66-41)70-55(82)87-60(13,14)15)48(75)62-28-25-42(69-54(81)86-59(10,11)12)46(73)61-26-17-21-40(68-53(80)85-58(7,8)9)47(74)64-33-39(71)34-65-52(79)84-57(4,5)6/h16,19-20,23-24,29,31,39-44,71-72H,17-18,21-22,25-28,30,32-34H2,1-15H3,(H,61,73)(H,62,75)(H,63,78)(H,64,74)(H,65,79)(H,66,77)(H,67,76)(H,68,80)(H,69,81)(H,70,82)/t39?,40-,41-,42-,43-,44-/m0/s1. The zero-order chi connectivity index (χ0) is 65.7. The topological polar surface area (TPSA) is 378 Å². The molecule has 87 heavy (non-hydrogen) atoms. The predicted octanol–water partition coefficient (Wildman–Crippen LogP) is 4.52. The third-order valence-corrected chi connectivity index (χ3v) is 11.9. The highest BCUT2D eigenvalue weighted by atomic mass is 16.6. The van der Waals surface area contributed by atoms with Crippen molar-refractivity contribution in [1.82, 2.24) is 53.2 Å². The second-order valence-corrected chi connectivity index (χ2v) is 26.0. The summed E-state index contributed by atoms with van der Waals surface area (Å²) < 4.78 is 26.8. The molecular formula is C60H94N10O17. The molecule has 4 bridgehead atoms. The minimum Gasteiger partial charge on any atom is -0.508 e. The molecule has 10 amide bonds. The molecule has 0 aromatic heterocycles. The van der Waals surface area contributed by atoms with Crippen molar-refractivity contribution in [2.75, 3.05) is 32.7 Å². The normalized spacial score (nSPS) is 16.8. The lowest BCUT2D eigenvalue weighted by molar-refractivity contribution is -0.132. The van der Waals surface area contributed by atoms with Crippen molar-refractivity contribution in [2.24, 2.45) is 0 Å². The molecule has 1 aliphatic heterocycles. The lowest BCUT2D eigenvalue weighted by Gasteiger charge is -2.27. The Labute approximate surface area is 509 Å². The zero-order valence-corrected chi connectivity index (χ0v) is 53.0. The number of benzene rings is 2. The summed E-state index contributed by atoms with van der Waals surface area (Å²) in [5.74, 6) is -3.98. The number of carbonyl (C=O) groups is 10. The number of rotatable bonds is 21. The van der Waals surface area contributed by atoms with E-state index in [2.05, 4.69) is 53.2 Å². The van der Waals surface area contributed by atoms with Gasteiger partial charge in [0.15, 0.2) is 0 Å². The van der Waals surface area contributed by atoms with Crippen LogP contribution in [0.1, 0.15) is 147 Å². The Hall–Kier alpha value is -8.10. The number of fused-ring (bicyclic) bond motifs is 5.